The highest BCUT2D eigenvalue weighted by Crippen LogP contribution is 2.23. The van der Waals surface area contributed by atoms with Crippen molar-refractivity contribution >= 4 is 45.7 Å². The molecule has 92 valence electrons. The van der Waals surface area contributed by atoms with Crippen LogP contribution in [0.25, 0.3) is 0 Å². The lowest BCUT2D eigenvalue weighted by atomic mass is 10.1. The molecule has 0 amide bonds. The molecule has 0 aromatic heterocycles. The minimum absolute atomic E-state index is 0.0422. The molecule has 0 bridgehead atoms. The Labute approximate surface area is 114 Å². The van der Waals surface area contributed by atoms with E-state index in [4.69, 9.17) is 27.9 Å². The number of esters is 1. The van der Waals surface area contributed by atoms with Crippen LogP contribution >= 0.6 is 35.4 Å². The monoisotopic (exact) mass is 294 g/mol. The van der Waals surface area contributed by atoms with Crippen LogP contribution in [0.1, 0.15) is 18.1 Å². The molecule has 6 heteroatoms. The van der Waals surface area contributed by atoms with Gasteiger partial charge in [0.15, 0.2) is 0 Å². The lowest BCUT2D eigenvalue weighted by molar-refractivity contribution is -0.142. The Balaban J connectivity index is 3.03. The fraction of sp³-hybridized carbons (Fsp3) is 0.273. The highest BCUT2D eigenvalue weighted by molar-refractivity contribution is 7.83. The molecule has 2 nitrogen and oxygen atoms in total. The van der Waals surface area contributed by atoms with E-state index in [0.29, 0.717) is 5.56 Å². The zero-order chi connectivity index (χ0) is 13.0. The van der Waals surface area contributed by atoms with Crippen LogP contribution < -0.4 is 0 Å². The van der Waals surface area contributed by atoms with E-state index in [-0.39, 0.29) is 27.9 Å². The van der Waals surface area contributed by atoms with E-state index in [2.05, 4.69) is 12.2 Å². The van der Waals surface area contributed by atoms with Crippen molar-refractivity contribution in [2.24, 2.45) is 0 Å². The molecule has 1 rings (SSSR count). The first kappa shape index (κ1) is 14.4. The van der Waals surface area contributed by atoms with Gasteiger partial charge in [0.25, 0.3) is 0 Å². The number of thiocarbonyl (C=S) groups is 1. The van der Waals surface area contributed by atoms with Gasteiger partial charge in [0, 0.05) is 10.6 Å². The van der Waals surface area contributed by atoms with Crippen LogP contribution in [0.5, 0.6) is 0 Å². The van der Waals surface area contributed by atoms with E-state index in [1.54, 1.807) is 6.92 Å². The SMILES string of the molecule is CCOC(=O)Cc1cc(C(=S)Cl)c(F)cc1Cl. The maximum Gasteiger partial charge on any atom is 0.310 e. The molecule has 0 atom stereocenters. The normalized spacial score (nSPS) is 10.1. The van der Waals surface area contributed by atoms with Crippen LogP contribution in [-0.4, -0.2) is 16.9 Å². The Morgan fingerprint density at radius 1 is 1.53 bits per heavy atom. The van der Waals surface area contributed by atoms with Gasteiger partial charge in [0.05, 0.1) is 13.0 Å². The van der Waals surface area contributed by atoms with Crippen LogP contribution in [0.2, 0.25) is 5.02 Å². The number of benzene rings is 1. The van der Waals surface area contributed by atoms with Crippen molar-refractivity contribution in [1.29, 1.82) is 0 Å². The van der Waals surface area contributed by atoms with Gasteiger partial charge in [-0.1, -0.05) is 35.4 Å². The van der Waals surface area contributed by atoms with Crippen LogP contribution in [-0.2, 0) is 16.0 Å². The molecule has 0 aliphatic rings. The van der Waals surface area contributed by atoms with Crippen LogP contribution in [0.15, 0.2) is 12.1 Å². The average Bonchev–Trinajstić information content (AvgIpc) is 2.21. The topological polar surface area (TPSA) is 26.3 Å². The molecule has 0 unspecified atom stereocenters. The smallest absolute Gasteiger partial charge is 0.310 e. The summed E-state index contributed by atoms with van der Waals surface area (Å²) in [5, 5.41) is 0.146. The molecule has 0 aliphatic carbocycles. The second-order valence-corrected chi connectivity index (χ2v) is 4.60. The second kappa shape index (κ2) is 6.28. The number of hydrogen-bond donors (Lipinski definition) is 0. The van der Waals surface area contributed by atoms with Gasteiger partial charge in [-0.15, -0.1) is 0 Å². The summed E-state index contributed by atoms with van der Waals surface area (Å²) in [7, 11) is 0. The minimum Gasteiger partial charge on any atom is -0.466 e. The van der Waals surface area contributed by atoms with Crippen molar-refractivity contribution < 1.29 is 13.9 Å². The fourth-order valence-electron chi connectivity index (χ4n) is 1.25. The van der Waals surface area contributed by atoms with E-state index in [1.165, 1.54) is 6.07 Å². The van der Waals surface area contributed by atoms with E-state index >= 15 is 0 Å². The molecule has 0 fully saturated rings. The van der Waals surface area contributed by atoms with Crippen molar-refractivity contribution in [3.05, 3.63) is 34.1 Å². The summed E-state index contributed by atoms with van der Waals surface area (Å²) in [6.45, 7) is 1.97. The van der Waals surface area contributed by atoms with Gasteiger partial charge in [-0.2, -0.15) is 0 Å². The molecule has 0 radical (unpaired) electrons. The first-order valence-corrected chi connectivity index (χ1v) is 5.95. The Hall–Kier alpha value is -0.710. The van der Waals surface area contributed by atoms with Crippen molar-refractivity contribution in [3.8, 4) is 0 Å². The largest absolute Gasteiger partial charge is 0.466 e. The number of hydrogen-bond acceptors (Lipinski definition) is 3. The molecule has 17 heavy (non-hydrogen) atoms. The summed E-state index contributed by atoms with van der Waals surface area (Å²) >= 11 is 16.1. The number of halogens is 3. The van der Waals surface area contributed by atoms with Crippen LogP contribution in [0, 0.1) is 5.82 Å². The predicted molar refractivity (Wildman–Crippen MR) is 69.3 cm³/mol. The third-order valence-electron chi connectivity index (χ3n) is 1.99. The molecule has 0 saturated carbocycles. The Kier molecular flexibility index (Phi) is 5.31. The lowest BCUT2D eigenvalue weighted by Crippen LogP contribution is -2.09. The highest BCUT2D eigenvalue weighted by Gasteiger charge is 2.14. The third-order valence-corrected chi connectivity index (χ3v) is 2.76. The molecule has 0 N–H and O–H groups in total. The maximum absolute atomic E-state index is 13.4. The number of carbonyl (C=O) groups excluding carboxylic acids is 1. The van der Waals surface area contributed by atoms with E-state index in [9.17, 15) is 9.18 Å². The lowest BCUT2D eigenvalue weighted by Gasteiger charge is -2.07. The number of ether oxygens (including phenoxy) is 1. The minimum atomic E-state index is -0.609. The summed E-state index contributed by atoms with van der Waals surface area (Å²) in [5.74, 6) is -1.05. The Morgan fingerprint density at radius 2 is 2.18 bits per heavy atom. The summed E-state index contributed by atoms with van der Waals surface area (Å²) < 4.78 is 18.1. The summed E-state index contributed by atoms with van der Waals surface area (Å²) in [4.78, 5) is 11.3. The summed E-state index contributed by atoms with van der Waals surface area (Å²) in [6, 6.07) is 2.45. The molecule has 0 aliphatic heterocycles. The average molecular weight is 295 g/mol. The summed E-state index contributed by atoms with van der Waals surface area (Å²) in [5.41, 5.74) is 0.495. The van der Waals surface area contributed by atoms with Gasteiger partial charge in [-0.05, 0) is 24.6 Å². The van der Waals surface area contributed by atoms with E-state index in [0.717, 1.165) is 6.07 Å². The van der Waals surface area contributed by atoms with E-state index < -0.39 is 11.8 Å². The van der Waals surface area contributed by atoms with E-state index in [1.807, 2.05) is 0 Å². The maximum atomic E-state index is 13.4. The van der Waals surface area contributed by atoms with Gasteiger partial charge >= 0.3 is 5.97 Å². The third kappa shape index (κ3) is 3.91. The van der Waals surface area contributed by atoms with Crippen LogP contribution in [0.4, 0.5) is 4.39 Å². The quantitative estimate of drug-likeness (QED) is 0.483. The zero-order valence-electron chi connectivity index (χ0n) is 8.93. The zero-order valence-corrected chi connectivity index (χ0v) is 11.3. The molecule has 1 aromatic rings. The first-order chi connectivity index (χ1) is 7.95. The van der Waals surface area contributed by atoms with Crippen molar-refractivity contribution in [2.45, 2.75) is 13.3 Å². The predicted octanol–water partition coefficient (Wildman–Crippen LogP) is 3.50. The molecular weight excluding hydrogens is 286 g/mol. The first-order valence-electron chi connectivity index (χ1n) is 4.79. The van der Waals surface area contributed by atoms with Gasteiger partial charge < -0.3 is 4.74 Å². The van der Waals surface area contributed by atoms with Gasteiger partial charge in [-0.3, -0.25) is 4.79 Å². The van der Waals surface area contributed by atoms with Crippen LogP contribution in [0.3, 0.4) is 0 Å². The number of carbonyl (C=O) groups is 1. The van der Waals surface area contributed by atoms with Gasteiger partial charge in [-0.25, -0.2) is 4.39 Å². The molecule has 0 spiro atoms. The Bertz CT molecular complexity index is 463. The second-order valence-electron chi connectivity index (χ2n) is 3.18. The molecule has 0 heterocycles. The van der Waals surface area contributed by atoms with Crippen molar-refractivity contribution in [3.63, 3.8) is 0 Å². The fourth-order valence-corrected chi connectivity index (χ4v) is 1.77. The molecule has 0 saturated heterocycles. The molecular formula is C11H9Cl2FO2S. The standard InChI is InChI=1S/C11H9Cl2FO2S/c1-2-16-10(15)4-6-3-7(11(13)17)9(14)5-8(6)12/h3,5H,2,4H2,1H3. The van der Waals surface area contributed by atoms with Gasteiger partial charge in [0.2, 0.25) is 0 Å². The highest BCUT2D eigenvalue weighted by atomic mass is 35.5. The van der Waals surface area contributed by atoms with Crippen molar-refractivity contribution in [2.75, 3.05) is 6.61 Å². The molecule has 1 aromatic carbocycles. The Morgan fingerprint density at radius 3 is 2.71 bits per heavy atom. The summed E-state index contributed by atoms with van der Waals surface area (Å²) in [6.07, 6.45) is -0.0422. The van der Waals surface area contributed by atoms with Gasteiger partial charge in [0.1, 0.15) is 10.1 Å². The number of rotatable bonds is 4. The van der Waals surface area contributed by atoms with Crippen molar-refractivity contribution in [1.82, 2.24) is 0 Å².